The molecule has 1 unspecified atom stereocenters. The van der Waals surface area contributed by atoms with E-state index in [0.717, 1.165) is 11.4 Å². The molecule has 1 heterocycles. The number of thioether (sulfide) groups is 1. The first-order valence-electron chi connectivity index (χ1n) is 4.98. The predicted molar refractivity (Wildman–Crippen MR) is 63.0 cm³/mol. The number of hydrogen-bond acceptors (Lipinski definition) is 4. The second-order valence-corrected chi connectivity index (χ2v) is 4.86. The van der Waals surface area contributed by atoms with Crippen molar-refractivity contribution >= 4 is 17.7 Å². The quantitative estimate of drug-likeness (QED) is 0.774. The van der Waals surface area contributed by atoms with Crippen molar-refractivity contribution in [3.05, 3.63) is 23.9 Å². The summed E-state index contributed by atoms with van der Waals surface area (Å²) in [4.78, 5) is 14.9. The van der Waals surface area contributed by atoms with Crippen LogP contribution in [-0.2, 0) is 4.74 Å². The molecule has 0 amide bonds. The molecule has 0 saturated carbocycles. The van der Waals surface area contributed by atoms with E-state index in [2.05, 4.69) is 11.9 Å². The SMILES string of the molecule is COCCC(C)Sc1cc(C(=O)O)ccn1. The molecule has 0 aromatic carbocycles. The van der Waals surface area contributed by atoms with Crippen LogP contribution in [0.5, 0.6) is 0 Å². The van der Waals surface area contributed by atoms with E-state index in [4.69, 9.17) is 9.84 Å². The number of rotatable bonds is 6. The van der Waals surface area contributed by atoms with Crippen molar-refractivity contribution in [2.24, 2.45) is 0 Å². The summed E-state index contributed by atoms with van der Waals surface area (Å²) >= 11 is 1.56. The van der Waals surface area contributed by atoms with Crippen LogP contribution in [0, 0.1) is 0 Å². The highest BCUT2D eigenvalue weighted by Gasteiger charge is 2.08. The zero-order chi connectivity index (χ0) is 12.0. The molecule has 1 aromatic heterocycles. The first-order valence-corrected chi connectivity index (χ1v) is 5.86. The summed E-state index contributed by atoms with van der Waals surface area (Å²) in [6, 6.07) is 3.09. The summed E-state index contributed by atoms with van der Waals surface area (Å²) in [5, 5.41) is 9.92. The molecule has 1 N–H and O–H groups in total. The Bertz CT molecular complexity index is 357. The number of aromatic carboxylic acids is 1. The molecule has 1 atom stereocenters. The van der Waals surface area contributed by atoms with Crippen LogP contribution in [0.2, 0.25) is 0 Å². The lowest BCUT2D eigenvalue weighted by atomic mass is 10.3. The van der Waals surface area contributed by atoms with Crippen molar-refractivity contribution in [1.29, 1.82) is 0 Å². The van der Waals surface area contributed by atoms with E-state index in [1.807, 2.05) is 0 Å². The van der Waals surface area contributed by atoms with E-state index in [1.165, 1.54) is 12.3 Å². The van der Waals surface area contributed by atoms with Gasteiger partial charge in [0.25, 0.3) is 0 Å². The highest BCUT2D eigenvalue weighted by Crippen LogP contribution is 2.23. The smallest absolute Gasteiger partial charge is 0.335 e. The molecule has 0 aliphatic carbocycles. The molecule has 0 aliphatic rings. The lowest BCUT2D eigenvalue weighted by Gasteiger charge is -2.09. The number of carbonyl (C=O) groups is 1. The second kappa shape index (κ2) is 6.50. The average Bonchev–Trinajstić information content (AvgIpc) is 2.26. The summed E-state index contributed by atoms with van der Waals surface area (Å²) in [5.41, 5.74) is 0.274. The molecule has 0 aliphatic heterocycles. The molecule has 0 fully saturated rings. The van der Waals surface area contributed by atoms with Crippen LogP contribution < -0.4 is 0 Å². The Labute approximate surface area is 99.0 Å². The van der Waals surface area contributed by atoms with E-state index in [9.17, 15) is 4.79 Å². The molecule has 1 rings (SSSR count). The average molecular weight is 241 g/mol. The topological polar surface area (TPSA) is 59.4 Å². The third-order valence-electron chi connectivity index (χ3n) is 2.03. The number of aromatic nitrogens is 1. The van der Waals surface area contributed by atoms with Crippen LogP contribution in [-0.4, -0.2) is 35.0 Å². The number of carboxylic acids is 1. The third-order valence-corrected chi connectivity index (χ3v) is 3.14. The van der Waals surface area contributed by atoms with Gasteiger partial charge in [0, 0.05) is 25.2 Å². The number of pyridine rings is 1. The minimum absolute atomic E-state index is 0.274. The molecule has 4 nitrogen and oxygen atoms in total. The second-order valence-electron chi connectivity index (χ2n) is 3.40. The van der Waals surface area contributed by atoms with Gasteiger partial charge < -0.3 is 9.84 Å². The molecule has 0 spiro atoms. The normalized spacial score (nSPS) is 12.4. The lowest BCUT2D eigenvalue weighted by Crippen LogP contribution is -2.03. The van der Waals surface area contributed by atoms with Crippen LogP contribution in [0.15, 0.2) is 23.4 Å². The third kappa shape index (κ3) is 4.20. The fraction of sp³-hybridized carbons (Fsp3) is 0.455. The monoisotopic (exact) mass is 241 g/mol. The Hall–Kier alpha value is -1.07. The van der Waals surface area contributed by atoms with Gasteiger partial charge in [0.2, 0.25) is 0 Å². The molecule has 1 aromatic rings. The predicted octanol–water partition coefficient (Wildman–Crippen LogP) is 2.30. The number of ether oxygens (including phenoxy) is 1. The Morgan fingerprint density at radius 3 is 3.06 bits per heavy atom. The van der Waals surface area contributed by atoms with Crippen LogP contribution in [0.1, 0.15) is 23.7 Å². The van der Waals surface area contributed by atoms with E-state index in [1.54, 1.807) is 24.9 Å². The Balaban J connectivity index is 2.59. The molecule has 88 valence electrons. The Morgan fingerprint density at radius 1 is 1.69 bits per heavy atom. The first-order chi connectivity index (χ1) is 7.63. The zero-order valence-electron chi connectivity index (χ0n) is 9.34. The van der Waals surface area contributed by atoms with Gasteiger partial charge in [0.15, 0.2) is 0 Å². The maximum Gasteiger partial charge on any atom is 0.335 e. The molecule has 0 saturated heterocycles. The Kier molecular flexibility index (Phi) is 5.28. The van der Waals surface area contributed by atoms with Gasteiger partial charge in [0.1, 0.15) is 0 Å². The van der Waals surface area contributed by atoms with Crippen LogP contribution in [0.4, 0.5) is 0 Å². The molecule has 5 heteroatoms. The van der Waals surface area contributed by atoms with Gasteiger partial charge in [-0.3, -0.25) is 0 Å². The van der Waals surface area contributed by atoms with Crippen molar-refractivity contribution in [3.63, 3.8) is 0 Å². The minimum Gasteiger partial charge on any atom is -0.478 e. The summed E-state index contributed by atoms with van der Waals surface area (Å²) in [6.45, 7) is 2.77. The van der Waals surface area contributed by atoms with Gasteiger partial charge in [-0.05, 0) is 18.6 Å². The van der Waals surface area contributed by atoms with Crippen molar-refractivity contribution in [2.75, 3.05) is 13.7 Å². The largest absolute Gasteiger partial charge is 0.478 e. The molecular formula is C11H15NO3S. The van der Waals surface area contributed by atoms with Crippen LogP contribution in [0.3, 0.4) is 0 Å². The fourth-order valence-electron chi connectivity index (χ4n) is 1.16. The Morgan fingerprint density at radius 2 is 2.44 bits per heavy atom. The number of nitrogens with zero attached hydrogens (tertiary/aromatic N) is 1. The van der Waals surface area contributed by atoms with Gasteiger partial charge in [-0.2, -0.15) is 0 Å². The highest BCUT2D eigenvalue weighted by atomic mass is 32.2. The summed E-state index contributed by atoms with van der Waals surface area (Å²) in [7, 11) is 1.67. The molecular weight excluding hydrogens is 226 g/mol. The van der Waals surface area contributed by atoms with Crippen LogP contribution in [0.25, 0.3) is 0 Å². The van der Waals surface area contributed by atoms with Crippen molar-refractivity contribution in [3.8, 4) is 0 Å². The first kappa shape index (κ1) is 13.0. The van der Waals surface area contributed by atoms with E-state index in [-0.39, 0.29) is 5.56 Å². The van der Waals surface area contributed by atoms with Crippen molar-refractivity contribution in [1.82, 2.24) is 4.98 Å². The van der Waals surface area contributed by atoms with E-state index in [0.29, 0.717) is 11.9 Å². The van der Waals surface area contributed by atoms with Gasteiger partial charge in [-0.1, -0.05) is 6.92 Å². The fourth-order valence-corrected chi connectivity index (χ4v) is 2.10. The highest BCUT2D eigenvalue weighted by molar-refractivity contribution is 7.99. The van der Waals surface area contributed by atoms with Crippen molar-refractivity contribution < 1.29 is 14.6 Å². The number of hydrogen-bond donors (Lipinski definition) is 1. The van der Waals surface area contributed by atoms with Gasteiger partial charge in [0.05, 0.1) is 10.6 Å². The maximum absolute atomic E-state index is 10.8. The standard InChI is InChI=1S/C11H15NO3S/c1-8(4-6-15-2)16-10-7-9(11(13)14)3-5-12-10/h3,5,7-8H,4,6H2,1-2H3,(H,13,14). The zero-order valence-corrected chi connectivity index (χ0v) is 10.2. The minimum atomic E-state index is -0.922. The molecule has 0 radical (unpaired) electrons. The van der Waals surface area contributed by atoms with Crippen molar-refractivity contribution in [2.45, 2.75) is 23.6 Å². The van der Waals surface area contributed by atoms with E-state index >= 15 is 0 Å². The summed E-state index contributed by atoms with van der Waals surface area (Å²) < 4.78 is 4.98. The summed E-state index contributed by atoms with van der Waals surface area (Å²) in [5.74, 6) is -0.922. The van der Waals surface area contributed by atoms with E-state index < -0.39 is 5.97 Å². The molecule has 0 bridgehead atoms. The number of methoxy groups -OCH3 is 1. The number of carboxylic acid groups (broad SMARTS) is 1. The van der Waals surface area contributed by atoms with Gasteiger partial charge in [-0.25, -0.2) is 9.78 Å². The molecule has 16 heavy (non-hydrogen) atoms. The van der Waals surface area contributed by atoms with Crippen LogP contribution >= 0.6 is 11.8 Å². The maximum atomic E-state index is 10.8. The lowest BCUT2D eigenvalue weighted by molar-refractivity contribution is 0.0696. The van der Waals surface area contributed by atoms with Gasteiger partial charge in [-0.15, -0.1) is 11.8 Å². The van der Waals surface area contributed by atoms with Gasteiger partial charge >= 0.3 is 5.97 Å². The summed E-state index contributed by atoms with van der Waals surface area (Å²) in [6.07, 6.45) is 2.44.